The van der Waals surface area contributed by atoms with Crippen LogP contribution < -0.4 is 10.1 Å². The van der Waals surface area contributed by atoms with Crippen molar-refractivity contribution in [2.24, 2.45) is 7.05 Å². The van der Waals surface area contributed by atoms with Crippen LogP contribution in [0.4, 0.5) is 0 Å². The molecule has 0 atom stereocenters. The van der Waals surface area contributed by atoms with Gasteiger partial charge in [-0.3, -0.25) is 4.79 Å². The second-order valence-electron chi connectivity index (χ2n) is 5.10. The Labute approximate surface area is 142 Å². The number of hydrogen-bond acceptors (Lipinski definition) is 3. The Kier molecular flexibility index (Phi) is 4.62. The molecule has 1 heterocycles. The second-order valence-corrected chi connectivity index (χ2v) is 6.01. The van der Waals surface area contributed by atoms with Crippen LogP contribution in [0.3, 0.4) is 0 Å². The largest absolute Gasteiger partial charge is 0.484 e. The van der Waals surface area contributed by atoms with Crippen molar-refractivity contribution in [1.29, 1.82) is 0 Å². The van der Waals surface area contributed by atoms with Gasteiger partial charge in [0, 0.05) is 11.5 Å². The number of benzene rings is 2. The Morgan fingerprint density at radius 2 is 2.09 bits per heavy atom. The van der Waals surface area contributed by atoms with Gasteiger partial charge in [-0.2, -0.15) is 0 Å². The summed E-state index contributed by atoms with van der Waals surface area (Å²) in [6, 6.07) is 15.3. The first-order valence-electron chi connectivity index (χ1n) is 7.19. The van der Waals surface area contributed by atoms with Gasteiger partial charge in [0.2, 0.25) is 0 Å². The van der Waals surface area contributed by atoms with E-state index >= 15 is 0 Å². The molecule has 3 aromatic rings. The number of aryl methyl sites for hydroxylation is 1. The van der Waals surface area contributed by atoms with Gasteiger partial charge in [0.15, 0.2) is 6.61 Å². The van der Waals surface area contributed by atoms with Gasteiger partial charge in [-0.15, -0.1) is 0 Å². The van der Waals surface area contributed by atoms with Crippen LogP contribution >= 0.6 is 15.9 Å². The van der Waals surface area contributed by atoms with Gasteiger partial charge in [0.1, 0.15) is 11.6 Å². The molecule has 0 saturated carbocycles. The summed E-state index contributed by atoms with van der Waals surface area (Å²) in [6.45, 7) is 0.340. The Hall–Kier alpha value is -2.34. The first-order valence-corrected chi connectivity index (χ1v) is 7.98. The second kappa shape index (κ2) is 6.83. The lowest BCUT2D eigenvalue weighted by molar-refractivity contribution is -0.123. The standard InChI is InChI=1S/C17H16BrN3O2/c1-21-15-8-3-2-7-14(15)20-16(21)10-19-17(22)11-23-13-6-4-5-12(18)9-13/h2-9H,10-11H2,1H3,(H,19,22). The molecular formula is C17H16BrN3O2. The first kappa shape index (κ1) is 15.6. The van der Waals surface area contributed by atoms with Crippen molar-refractivity contribution in [3.63, 3.8) is 0 Å². The monoisotopic (exact) mass is 373 g/mol. The number of ether oxygens (including phenoxy) is 1. The van der Waals surface area contributed by atoms with Crippen molar-refractivity contribution in [2.45, 2.75) is 6.54 Å². The minimum absolute atomic E-state index is 0.0274. The number of rotatable bonds is 5. The van der Waals surface area contributed by atoms with E-state index in [1.165, 1.54) is 0 Å². The third-order valence-corrected chi connectivity index (χ3v) is 3.98. The molecule has 0 bridgehead atoms. The van der Waals surface area contributed by atoms with Gasteiger partial charge in [-0.25, -0.2) is 4.98 Å². The Morgan fingerprint density at radius 1 is 1.26 bits per heavy atom. The summed E-state index contributed by atoms with van der Waals surface area (Å²) in [6.07, 6.45) is 0. The van der Waals surface area contributed by atoms with Gasteiger partial charge >= 0.3 is 0 Å². The van der Waals surface area contributed by atoms with Gasteiger partial charge in [0.05, 0.1) is 17.6 Å². The number of aromatic nitrogens is 2. The number of halogens is 1. The molecule has 0 fully saturated rings. The predicted molar refractivity (Wildman–Crippen MR) is 92.2 cm³/mol. The average Bonchev–Trinajstić information content (AvgIpc) is 2.88. The molecule has 23 heavy (non-hydrogen) atoms. The molecule has 0 spiro atoms. The minimum atomic E-state index is -0.183. The zero-order valence-electron chi connectivity index (χ0n) is 12.6. The lowest BCUT2D eigenvalue weighted by Crippen LogP contribution is -2.29. The van der Waals surface area contributed by atoms with E-state index < -0.39 is 0 Å². The number of para-hydroxylation sites is 2. The highest BCUT2D eigenvalue weighted by Crippen LogP contribution is 2.17. The van der Waals surface area contributed by atoms with Gasteiger partial charge in [-0.05, 0) is 30.3 Å². The quantitative estimate of drug-likeness (QED) is 0.747. The van der Waals surface area contributed by atoms with E-state index in [9.17, 15) is 4.79 Å². The number of fused-ring (bicyclic) bond motifs is 1. The van der Waals surface area contributed by atoms with Crippen LogP contribution in [0.15, 0.2) is 53.0 Å². The maximum atomic E-state index is 11.9. The van der Waals surface area contributed by atoms with Gasteiger partial charge in [-0.1, -0.05) is 34.1 Å². The van der Waals surface area contributed by atoms with Crippen LogP contribution in [-0.4, -0.2) is 22.1 Å². The Morgan fingerprint density at radius 3 is 2.87 bits per heavy atom. The molecule has 1 aromatic heterocycles. The number of carbonyl (C=O) groups excluding carboxylic acids is 1. The van der Waals surface area contributed by atoms with Crippen molar-refractivity contribution in [1.82, 2.24) is 14.9 Å². The summed E-state index contributed by atoms with van der Waals surface area (Å²) < 4.78 is 8.35. The summed E-state index contributed by atoms with van der Waals surface area (Å²) in [5.74, 6) is 1.27. The van der Waals surface area contributed by atoms with E-state index in [4.69, 9.17) is 4.74 Å². The van der Waals surface area contributed by atoms with E-state index in [1.54, 1.807) is 0 Å². The van der Waals surface area contributed by atoms with Gasteiger partial charge < -0.3 is 14.6 Å². The zero-order valence-corrected chi connectivity index (χ0v) is 14.2. The third-order valence-electron chi connectivity index (χ3n) is 3.49. The average molecular weight is 374 g/mol. The minimum Gasteiger partial charge on any atom is -0.484 e. The lowest BCUT2D eigenvalue weighted by atomic mass is 10.3. The summed E-state index contributed by atoms with van der Waals surface area (Å²) in [7, 11) is 1.94. The maximum Gasteiger partial charge on any atom is 0.258 e. The van der Waals surface area contributed by atoms with E-state index in [0.717, 1.165) is 21.3 Å². The smallest absolute Gasteiger partial charge is 0.258 e. The summed E-state index contributed by atoms with van der Waals surface area (Å²) in [5.41, 5.74) is 1.96. The van der Waals surface area contributed by atoms with Crippen molar-refractivity contribution in [3.8, 4) is 5.75 Å². The first-order chi connectivity index (χ1) is 11.1. The maximum absolute atomic E-state index is 11.9. The van der Waals surface area contributed by atoms with E-state index in [1.807, 2.05) is 60.1 Å². The van der Waals surface area contributed by atoms with Crippen molar-refractivity contribution < 1.29 is 9.53 Å². The molecule has 0 aliphatic rings. The molecular weight excluding hydrogens is 358 g/mol. The molecule has 2 aromatic carbocycles. The third kappa shape index (κ3) is 3.71. The van der Waals surface area contributed by atoms with Crippen molar-refractivity contribution in [3.05, 3.63) is 58.8 Å². The van der Waals surface area contributed by atoms with Crippen LogP contribution in [0.2, 0.25) is 0 Å². The molecule has 118 valence electrons. The molecule has 3 rings (SSSR count). The number of carbonyl (C=O) groups is 1. The molecule has 5 nitrogen and oxygen atoms in total. The van der Waals surface area contributed by atoms with Crippen molar-refractivity contribution in [2.75, 3.05) is 6.61 Å². The predicted octanol–water partition coefficient (Wildman–Crippen LogP) is 3.03. The van der Waals surface area contributed by atoms with Crippen LogP contribution in [0.25, 0.3) is 11.0 Å². The van der Waals surface area contributed by atoms with E-state index in [0.29, 0.717) is 12.3 Å². The van der Waals surface area contributed by atoms with Crippen LogP contribution in [0.5, 0.6) is 5.75 Å². The molecule has 6 heteroatoms. The topological polar surface area (TPSA) is 56.2 Å². The van der Waals surface area contributed by atoms with E-state index in [-0.39, 0.29) is 12.5 Å². The lowest BCUT2D eigenvalue weighted by Gasteiger charge is -2.08. The summed E-state index contributed by atoms with van der Waals surface area (Å²) >= 11 is 3.36. The molecule has 0 unspecified atom stereocenters. The fourth-order valence-electron chi connectivity index (χ4n) is 2.29. The van der Waals surface area contributed by atoms with Crippen LogP contribution in [-0.2, 0) is 18.4 Å². The SMILES string of the molecule is Cn1c(CNC(=O)COc2cccc(Br)c2)nc2ccccc21. The number of amides is 1. The Balaban J connectivity index is 1.57. The number of nitrogens with one attached hydrogen (secondary N) is 1. The molecule has 0 radical (unpaired) electrons. The Bertz CT molecular complexity index is 845. The number of hydrogen-bond donors (Lipinski definition) is 1. The highest BCUT2D eigenvalue weighted by molar-refractivity contribution is 9.10. The summed E-state index contributed by atoms with van der Waals surface area (Å²) in [4.78, 5) is 16.4. The summed E-state index contributed by atoms with van der Waals surface area (Å²) in [5, 5.41) is 2.83. The van der Waals surface area contributed by atoms with Crippen LogP contribution in [0, 0.1) is 0 Å². The molecule has 0 saturated heterocycles. The molecule has 0 aliphatic heterocycles. The highest BCUT2D eigenvalue weighted by atomic mass is 79.9. The van der Waals surface area contributed by atoms with Gasteiger partial charge in [0.25, 0.3) is 5.91 Å². The fraction of sp³-hybridized carbons (Fsp3) is 0.176. The molecule has 0 aliphatic carbocycles. The van der Waals surface area contributed by atoms with Crippen molar-refractivity contribution >= 4 is 32.9 Å². The highest BCUT2D eigenvalue weighted by Gasteiger charge is 2.09. The zero-order chi connectivity index (χ0) is 16.2. The normalized spacial score (nSPS) is 10.7. The fourth-order valence-corrected chi connectivity index (χ4v) is 2.67. The van der Waals surface area contributed by atoms with Crippen LogP contribution in [0.1, 0.15) is 5.82 Å². The van der Waals surface area contributed by atoms with E-state index in [2.05, 4.69) is 26.2 Å². The molecule has 1 N–H and O–H groups in total. The number of imidazole rings is 1. The number of nitrogens with zero attached hydrogens (tertiary/aromatic N) is 2. The molecule has 1 amide bonds.